The summed E-state index contributed by atoms with van der Waals surface area (Å²) in [5, 5.41) is 0. The molecule has 3 fully saturated rings. The first kappa shape index (κ1) is 17.4. The molecular weight excluding hydrogens is 328 g/mol. The van der Waals surface area contributed by atoms with Gasteiger partial charge < -0.3 is 14.5 Å². The highest BCUT2D eigenvalue weighted by Crippen LogP contribution is 2.43. The van der Waals surface area contributed by atoms with Crippen LogP contribution in [0.2, 0.25) is 0 Å². The average Bonchev–Trinajstić information content (AvgIpc) is 3.44. The van der Waals surface area contributed by atoms with E-state index in [9.17, 15) is 9.59 Å². The topological polar surface area (TPSA) is 49.9 Å². The van der Waals surface area contributed by atoms with E-state index in [4.69, 9.17) is 4.74 Å². The fourth-order valence-electron chi connectivity index (χ4n) is 4.36. The molecule has 0 bridgehead atoms. The van der Waals surface area contributed by atoms with E-state index in [0.717, 1.165) is 49.6 Å². The number of nitrogens with zero attached hydrogens (tertiary/aromatic N) is 2. The van der Waals surface area contributed by atoms with Gasteiger partial charge in [0.25, 0.3) is 0 Å². The number of ether oxygens (including phenoxy) is 1. The summed E-state index contributed by atoms with van der Waals surface area (Å²) in [5.74, 6) is 2.06. The highest BCUT2D eigenvalue weighted by Gasteiger charge is 2.49. The Labute approximate surface area is 155 Å². The van der Waals surface area contributed by atoms with E-state index in [-0.39, 0.29) is 11.3 Å². The average molecular weight is 356 g/mol. The molecule has 26 heavy (non-hydrogen) atoms. The molecule has 140 valence electrons. The molecule has 0 aromatic heterocycles. The number of likely N-dealkylation sites (tertiary alicyclic amines) is 2. The number of amides is 2. The number of piperidine rings is 1. The maximum Gasteiger partial charge on any atom is 0.229 e. The highest BCUT2D eigenvalue weighted by molar-refractivity contribution is 5.85. The van der Waals surface area contributed by atoms with Crippen molar-refractivity contribution in [3.63, 3.8) is 0 Å². The molecule has 0 radical (unpaired) electrons. The van der Waals surface area contributed by atoms with Gasteiger partial charge in [0.2, 0.25) is 11.8 Å². The Bertz CT molecular complexity index is 673. The van der Waals surface area contributed by atoms with E-state index in [2.05, 4.69) is 4.90 Å². The van der Waals surface area contributed by atoms with Gasteiger partial charge >= 0.3 is 0 Å². The quantitative estimate of drug-likeness (QED) is 0.814. The maximum absolute atomic E-state index is 12.9. The van der Waals surface area contributed by atoms with Crippen molar-refractivity contribution in [2.75, 3.05) is 33.3 Å². The molecule has 5 heteroatoms. The minimum Gasteiger partial charge on any atom is -0.497 e. The van der Waals surface area contributed by atoms with Crippen LogP contribution < -0.4 is 4.74 Å². The lowest BCUT2D eigenvalue weighted by Gasteiger charge is -2.38. The van der Waals surface area contributed by atoms with E-state index in [0.29, 0.717) is 25.4 Å². The minimum absolute atomic E-state index is 0.158. The minimum atomic E-state index is -0.189. The van der Waals surface area contributed by atoms with Gasteiger partial charge in [0, 0.05) is 26.2 Å². The Morgan fingerprint density at radius 1 is 1.12 bits per heavy atom. The monoisotopic (exact) mass is 356 g/mol. The molecule has 2 aliphatic heterocycles. The number of methoxy groups -OCH3 is 1. The van der Waals surface area contributed by atoms with E-state index in [1.54, 1.807) is 7.11 Å². The van der Waals surface area contributed by atoms with Gasteiger partial charge in [0.15, 0.2) is 0 Å². The van der Waals surface area contributed by atoms with Crippen molar-refractivity contribution in [2.24, 2.45) is 11.3 Å². The van der Waals surface area contributed by atoms with E-state index in [1.165, 1.54) is 12.8 Å². The summed E-state index contributed by atoms with van der Waals surface area (Å²) in [6.07, 6.45) is 5.59. The van der Waals surface area contributed by atoms with Crippen molar-refractivity contribution in [1.82, 2.24) is 9.80 Å². The zero-order chi connectivity index (χ0) is 18.1. The Balaban J connectivity index is 1.31. The fourth-order valence-corrected chi connectivity index (χ4v) is 4.36. The first-order chi connectivity index (χ1) is 12.6. The third-order valence-electron chi connectivity index (χ3n) is 6.36. The smallest absolute Gasteiger partial charge is 0.229 e. The molecule has 5 nitrogen and oxygen atoms in total. The van der Waals surface area contributed by atoms with Crippen molar-refractivity contribution in [2.45, 2.75) is 38.5 Å². The molecule has 1 saturated carbocycles. The molecule has 1 aromatic carbocycles. The lowest BCUT2D eigenvalue weighted by atomic mass is 9.77. The van der Waals surface area contributed by atoms with Gasteiger partial charge in [-0.05, 0) is 55.7 Å². The number of carbonyl (C=O) groups excluding carboxylic acids is 2. The third-order valence-corrected chi connectivity index (χ3v) is 6.36. The van der Waals surface area contributed by atoms with Crippen molar-refractivity contribution < 1.29 is 14.3 Å². The molecule has 1 aromatic rings. The summed E-state index contributed by atoms with van der Waals surface area (Å²) in [7, 11) is 1.64. The second-order valence-electron chi connectivity index (χ2n) is 8.13. The Morgan fingerprint density at radius 2 is 1.77 bits per heavy atom. The summed E-state index contributed by atoms with van der Waals surface area (Å²) in [5.41, 5.74) is 0.815. The second-order valence-corrected chi connectivity index (χ2v) is 8.13. The maximum atomic E-state index is 12.9. The Hall–Kier alpha value is -2.04. The molecule has 0 atom stereocenters. The first-order valence-electron chi connectivity index (χ1n) is 9.80. The molecule has 1 spiro atoms. The van der Waals surface area contributed by atoms with Crippen molar-refractivity contribution in [1.29, 1.82) is 0 Å². The van der Waals surface area contributed by atoms with Gasteiger partial charge in [-0.15, -0.1) is 0 Å². The second kappa shape index (κ2) is 6.93. The van der Waals surface area contributed by atoms with Crippen LogP contribution in [0.25, 0.3) is 0 Å². The molecule has 4 rings (SSSR count). The van der Waals surface area contributed by atoms with Gasteiger partial charge in [-0.1, -0.05) is 12.1 Å². The van der Waals surface area contributed by atoms with Gasteiger partial charge in [0.1, 0.15) is 5.75 Å². The van der Waals surface area contributed by atoms with Crippen molar-refractivity contribution in [3.05, 3.63) is 29.8 Å². The first-order valence-corrected chi connectivity index (χ1v) is 9.80. The lowest BCUT2D eigenvalue weighted by molar-refractivity contribution is -0.142. The number of hydrogen-bond acceptors (Lipinski definition) is 3. The Morgan fingerprint density at radius 3 is 2.38 bits per heavy atom. The number of carbonyl (C=O) groups is 2. The van der Waals surface area contributed by atoms with Crippen LogP contribution in [0.15, 0.2) is 24.3 Å². The number of hydrogen-bond donors (Lipinski definition) is 0. The largest absolute Gasteiger partial charge is 0.497 e. The molecule has 2 heterocycles. The third kappa shape index (κ3) is 3.44. The van der Waals surface area contributed by atoms with Crippen LogP contribution >= 0.6 is 0 Å². The number of benzene rings is 1. The van der Waals surface area contributed by atoms with E-state index < -0.39 is 0 Å². The van der Waals surface area contributed by atoms with Crippen LogP contribution in [0.1, 0.15) is 37.7 Å². The Kier molecular flexibility index (Phi) is 4.63. The lowest BCUT2D eigenvalue weighted by Crippen LogP contribution is -2.47. The fraction of sp³-hybridized carbons (Fsp3) is 0.619. The number of rotatable bonds is 5. The van der Waals surface area contributed by atoms with Gasteiger partial charge in [-0.2, -0.15) is 0 Å². The summed E-state index contributed by atoms with van der Waals surface area (Å²) in [6, 6.07) is 7.66. The molecule has 0 N–H and O–H groups in total. The normalized spacial score (nSPS) is 22.1. The predicted octanol–water partition coefficient (Wildman–Crippen LogP) is 2.49. The van der Waals surface area contributed by atoms with Gasteiger partial charge in [-0.25, -0.2) is 0 Å². The van der Waals surface area contributed by atoms with Crippen molar-refractivity contribution >= 4 is 11.8 Å². The highest BCUT2D eigenvalue weighted by atomic mass is 16.5. The molecule has 2 saturated heterocycles. The van der Waals surface area contributed by atoms with E-state index >= 15 is 0 Å². The summed E-state index contributed by atoms with van der Waals surface area (Å²) in [4.78, 5) is 29.5. The zero-order valence-electron chi connectivity index (χ0n) is 15.6. The van der Waals surface area contributed by atoms with Crippen LogP contribution in [-0.4, -0.2) is 54.9 Å². The van der Waals surface area contributed by atoms with Crippen molar-refractivity contribution in [3.8, 4) is 5.75 Å². The standard InChI is InChI=1S/C21H28N2O3/c1-26-18-6-4-16(5-7-18)14-19(24)22-11-8-21(9-12-22)10-13-23(20(21)25)15-17-2-3-17/h4-7,17H,2-3,8-15H2,1H3. The van der Waals surface area contributed by atoms with Crippen LogP contribution in [0.4, 0.5) is 0 Å². The molecule has 0 unspecified atom stereocenters. The zero-order valence-corrected chi connectivity index (χ0v) is 15.6. The summed E-state index contributed by atoms with van der Waals surface area (Å²) in [6.45, 7) is 3.28. The van der Waals surface area contributed by atoms with Gasteiger partial charge in [0.05, 0.1) is 18.9 Å². The van der Waals surface area contributed by atoms with Crippen LogP contribution in [0.3, 0.4) is 0 Å². The molecule has 1 aliphatic carbocycles. The molecule has 3 aliphatic rings. The SMILES string of the molecule is COc1ccc(CC(=O)N2CCC3(CC2)CCN(CC2CC2)C3=O)cc1. The summed E-state index contributed by atoms with van der Waals surface area (Å²) >= 11 is 0. The molecular formula is C21H28N2O3. The van der Waals surface area contributed by atoms with Gasteiger partial charge in [-0.3, -0.25) is 9.59 Å². The van der Waals surface area contributed by atoms with Crippen LogP contribution in [-0.2, 0) is 16.0 Å². The van der Waals surface area contributed by atoms with E-state index in [1.807, 2.05) is 29.2 Å². The van der Waals surface area contributed by atoms with Crippen LogP contribution in [0.5, 0.6) is 5.75 Å². The van der Waals surface area contributed by atoms with Crippen LogP contribution in [0, 0.1) is 11.3 Å². The predicted molar refractivity (Wildman–Crippen MR) is 98.9 cm³/mol. The molecule has 2 amide bonds. The summed E-state index contributed by atoms with van der Waals surface area (Å²) < 4.78 is 5.16.